The van der Waals surface area contributed by atoms with Crippen LogP contribution in [-0.2, 0) is 14.3 Å². The van der Waals surface area contributed by atoms with E-state index in [1.807, 2.05) is 0 Å². The molecular weight excluding hydrogens is 264 g/mol. The number of hydrogen-bond donors (Lipinski definition) is 0. The first-order chi connectivity index (χ1) is 10.1. The molecule has 0 radical (unpaired) electrons. The fourth-order valence-electron chi connectivity index (χ4n) is 3.31. The first-order valence-corrected chi connectivity index (χ1v) is 8.65. The van der Waals surface area contributed by atoms with Crippen molar-refractivity contribution in [2.75, 3.05) is 7.11 Å². The van der Waals surface area contributed by atoms with Gasteiger partial charge in [0, 0.05) is 19.3 Å². The van der Waals surface area contributed by atoms with Crippen LogP contribution >= 0.6 is 0 Å². The van der Waals surface area contributed by atoms with Crippen LogP contribution < -0.4 is 0 Å². The Bertz CT molecular complexity index is 324. The quantitative estimate of drug-likeness (QED) is 0.587. The molecule has 1 saturated carbocycles. The summed E-state index contributed by atoms with van der Waals surface area (Å²) in [5.74, 6) is 1.90. The third-order valence-electron chi connectivity index (χ3n) is 5.13. The largest absolute Gasteiger partial charge is 0.469 e. The smallest absolute Gasteiger partial charge is 0.305 e. The predicted molar refractivity (Wildman–Crippen MR) is 85.0 cm³/mol. The molecule has 0 N–H and O–H groups in total. The van der Waals surface area contributed by atoms with Gasteiger partial charge in [-0.05, 0) is 37.0 Å². The van der Waals surface area contributed by atoms with Crippen LogP contribution in [0.1, 0.15) is 78.1 Å². The molecule has 3 unspecified atom stereocenters. The van der Waals surface area contributed by atoms with Crippen LogP contribution in [0.5, 0.6) is 0 Å². The van der Waals surface area contributed by atoms with Gasteiger partial charge in [0.05, 0.1) is 7.11 Å². The molecule has 21 heavy (non-hydrogen) atoms. The number of carbonyl (C=O) groups is 2. The highest BCUT2D eigenvalue weighted by Gasteiger charge is 2.27. The van der Waals surface area contributed by atoms with Gasteiger partial charge in [-0.15, -0.1) is 0 Å². The van der Waals surface area contributed by atoms with E-state index >= 15 is 0 Å². The van der Waals surface area contributed by atoms with Crippen LogP contribution in [0.3, 0.4) is 0 Å². The van der Waals surface area contributed by atoms with Crippen molar-refractivity contribution in [2.24, 2.45) is 17.8 Å². The van der Waals surface area contributed by atoms with Crippen molar-refractivity contribution in [1.82, 2.24) is 0 Å². The summed E-state index contributed by atoms with van der Waals surface area (Å²) < 4.78 is 4.80. The highest BCUT2D eigenvalue weighted by molar-refractivity contribution is 5.78. The van der Waals surface area contributed by atoms with E-state index in [1.54, 1.807) is 0 Å². The van der Waals surface area contributed by atoms with Crippen LogP contribution in [0, 0.1) is 17.8 Å². The molecule has 3 heteroatoms. The van der Waals surface area contributed by atoms with E-state index in [4.69, 9.17) is 4.74 Å². The molecule has 0 aliphatic heterocycles. The van der Waals surface area contributed by atoms with Crippen LogP contribution in [0.2, 0.25) is 0 Å². The topological polar surface area (TPSA) is 43.4 Å². The van der Waals surface area contributed by atoms with Crippen LogP contribution in [0.15, 0.2) is 0 Å². The molecule has 1 fully saturated rings. The van der Waals surface area contributed by atoms with E-state index in [1.165, 1.54) is 26.4 Å². The zero-order valence-corrected chi connectivity index (χ0v) is 14.0. The van der Waals surface area contributed by atoms with Crippen molar-refractivity contribution >= 4 is 11.8 Å². The Labute approximate surface area is 129 Å². The Morgan fingerprint density at radius 2 is 1.81 bits per heavy atom. The van der Waals surface area contributed by atoms with Gasteiger partial charge < -0.3 is 4.74 Å². The lowest BCUT2D eigenvalue weighted by molar-refractivity contribution is -0.142. The Morgan fingerprint density at radius 1 is 1.14 bits per heavy atom. The second-order valence-electron chi connectivity index (χ2n) is 6.71. The summed E-state index contributed by atoms with van der Waals surface area (Å²) in [5, 5.41) is 0. The number of rotatable bonds is 9. The zero-order valence-electron chi connectivity index (χ0n) is 14.0. The van der Waals surface area contributed by atoms with Crippen molar-refractivity contribution in [2.45, 2.75) is 78.1 Å². The highest BCUT2D eigenvalue weighted by atomic mass is 16.5. The van der Waals surface area contributed by atoms with Gasteiger partial charge in [-0.3, -0.25) is 9.59 Å². The molecule has 3 atom stereocenters. The summed E-state index contributed by atoms with van der Waals surface area (Å²) >= 11 is 0. The monoisotopic (exact) mass is 296 g/mol. The number of esters is 1. The van der Waals surface area contributed by atoms with Gasteiger partial charge in [-0.2, -0.15) is 0 Å². The number of hydrogen-bond acceptors (Lipinski definition) is 3. The minimum atomic E-state index is -0.102. The third-order valence-corrected chi connectivity index (χ3v) is 5.13. The van der Waals surface area contributed by atoms with Gasteiger partial charge in [0.15, 0.2) is 0 Å². The lowest BCUT2D eigenvalue weighted by Crippen LogP contribution is -2.23. The van der Waals surface area contributed by atoms with Crippen LogP contribution in [0.25, 0.3) is 0 Å². The molecule has 1 aliphatic carbocycles. The van der Waals surface area contributed by atoms with Crippen molar-refractivity contribution in [3.8, 4) is 0 Å². The predicted octanol–water partition coefficient (Wildman–Crippen LogP) is 4.53. The minimum absolute atomic E-state index is 0.102. The molecule has 122 valence electrons. The first kappa shape index (κ1) is 18.2. The summed E-state index contributed by atoms with van der Waals surface area (Å²) in [5.41, 5.74) is 0. The summed E-state index contributed by atoms with van der Waals surface area (Å²) in [7, 11) is 1.46. The number of ketones is 1. The molecule has 0 bridgehead atoms. The van der Waals surface area contributed by atoms with E-state index < -0.39 is 0 Å². The Hall–Kier alpha value is -0.860. The van der Waals surface area contributed by atoms with Gasteiger partial charge in [-0.1, -0.05) is 39.5 Å². The second kappa shape index (κ2) is 9.97. The summed E-state index contributed by atoms with van der Waals surface area (Å²) in [4.78, 5) is 23.5. The molecule has 0 aromatic rings. The van der Waals surface area contributed by atoms with Gasteiger partial charge in [0.2, 0.25) is 0 Å². The maximum atomic E-state index is 12.0. The van der Waals surface area contributed by atoms with Crippen molar-refractivity contribution in [3.63, 3.8) is 0 Å². The molecule has 0 amide bonds. The summed E-state index contributed by atoms with van der Waals surface area (Å²) in [6, 6.07) is 0. The lowest BCUT2D eigenvalue weighted by Gasteiger charge is -2.30. The van der Waals surface area contributed by atoms with E-state index in [2.05, 4.69) is 13.8 Å². The molecular formula is C18H32O3. The van der Waals surface area contributed by atoms with Gasteiger partial charge in [-0.25, -0.2) is 0 Å². The van der Waals surface area contributed by atoms with Gasteiger partial charge in [0.1, 0.15) is 5.78 Å². The van der Waals surface area contributed by atoms with Gasteiger partial charge >= 0.3 is 5.97 Å². The maximum Gasteiger partial charge on any atom is 0.305 e. The molecule has 1 aliphatic rings. The molecule has 0 aromatic heterocycles. The average molecular weight is 296 g/mol. The van der Waals surface area contributed by atoms with Crippen LogP contribution in [-0.4, -0.2) is 18.9 Å². The summed E-state index contributed by atoms with van der Waals surface area (Å²) in [6.45, 7) is 4.38. The zero-order chi connectivity index (χ0) is 15.7. The normalized spacial score (nSPS) is 23.6. The lowest BCUT2D eigenvalue weighted by atomic mass is 9.75. The van der Waals surface area contributed by atoms with E-state index in [0.717, 1.165) is 32.1 Å². The third kappa shape index (κ3) is 7.10. The fraction of sp³-hybridized carbons (Fsp3) is 0.889. The molecule has 3 nitrogen and oxygen atoms in total. The van der Waals surface area contributed by atoms with Crippen molar-refractivity contribution in [1.29, 1.82) is 0 Å². The van der Waals surface area contributed by atoms with Crippen LogP contribution in [0.4, 0.5) is 0 Å². The summed E-state index contributed by atoms with van der Waals surface area (Å²) in [6.07, 6.45) is 9.80. The second-order valence-corrected chi connectivity index (χ2v) is 6.71. The number of Topliss-reactive ketones (excluding diaryl/α,β-unsaturated/α-hetero) is 1. The standard InChI is InChI=1S/C18H32O3/c1-4-14(2)9-11-17(19)12-10-15-7-5-6-8-16(15)13-18(20)21-3/h14-16H,4-13H2,1-3H3. The molecule has 0 saturated heterocycles. The Morgan fingerprint density at radius 3 is 2.43 bits per heavy atom. The van der Waals surface area contributed by atoms with E-state index in [9.17, 15) is 9.59 Å². The Kier molecular flexibility index (Phi) is 8.63. The SMILES string of the molecule is CCC(C)CCC(=O)CCC1CCCCC1CC(=O)OC. The first-order valence-electron chi connectivity index (χ1n) is 8.65. The number of methoxy groups -OCH3 is 1. The number of ether oxygens (including phenoxy) is 1. The molecule has 0 heterocycles. The van der Waals surface area contributed by atoms with E-state index in [0.29, 0.717) is 36.4 Å². The highest BCUT2D eigenvalue weighted by Crippen LogP contribution is 2.35. The Balaban J connectivity index is 2.33. The molecule has 1 rings (SSSR count). The molecule has 0 spiro atoms. The molecule has 0 aromatic carbocycles. The van der Waals surface area contributed by atoms with Gasteiger partial charge in [0.25, 0.3) is 0 Å². The van der Waals surface area contributed by atoms with Crippen molar-refractivity contribution in [3.05, 3.63) is 0 Å². The maximum absolute atomic E-state index is 12.0. The fourth-order valence-corrected chi connectivity index (χ4v) is 3.31. The van der Waals surface area contributed by atoms with E-state index in [-0.39, 0.29) is 5.97 Å². The average Bonchev–Trinajstić information content (AvgIpc) is 2.51. The van der Waals surface area contributed by atoms with Crippen molar-refractivity contribution < 1.29 is 14.3 Å². The minimum Gasteiger partial charge on any atom is -0.469 e. The number of carbonyl (C=O) groups excluding carboxylic acids is 2.